The summed E-state index contributed by atoms with van der Waals surface area (Å²) in [5, 5.41) is 0. The first-order chi connectivity index (χ1) is 24.5. The lowest BCUT2D eigenvalue weighted by Gasteiger charge is -2.31. The first kappa shape index (κ1) is 37.8. The van der Waals surface area contributed by atoms with Gasteiger partial charge in [-0.3, -0.25) is 0 Å². The molecule has 0 unspecified atom stereocenters. The van der Waals surface area contributed by atoms with Crippen LogP contribution in [-0.4, -0.2) is 12.5 Å². The van der Waals surface area contributed by atoms with Gasteiger partial charge in [-0.1, -0.05) is 76.2 Å². The highest BCUT2D eigenvalue weighted by atomic mass is 32.2. The third-order valence-electron chi connectivity index (χ3n) is 10.3. The molecular formula is C43H54N6S2. The molecule has 0 spiro atoms. The molecule has 12 N–H and O–H groups in total. The molecular weight excluding hydrogens is 665 g/mol. The molecule has 5 rings (SSSR count). The van der Waals surface area contributed by atoms with Crippen molar-refractivity contribution in [1.29, 1.82) is 0 Å². The Morgan fingerprint density at radius 3 is 1.18 bits per heavy atom. The first-order valence-corrected chi connectivity index (χ1v) is 20.3. The second-order valence-corrected chi connectivity index (χ2v) is 14.9. The quantitative estimate of drug-likeness (QED) is 0.0400. The van der Waals surface area contributed by atoms with Crippen LogP contribution in [0.1, 0.15) is 95.2 Å². The summed E-state index contributed by atoms with van der Waals surface area (Å²) >= 11 is 3.28. The van der Waals surface area contributed by atoms with E-state index in [0.717, 1.165) is 114 Å². The SMILES string of the molecule is CCc1cc(C(c2cc(CC)c(N)c(CC)c2)c2c(CC(c3ccc(N)cc3)c3ccc(N)cc3)c(N)c(SC)c(N)c2SC)cc(CC)c1N. The highest BCUT2D eigenvalue weighted by Crippen LogP contribution is 2.51. The van der Waals surface area contributed by atoms with Gasteiger partial charge in [0.2, 0.25) is 0 Å². The topological polar surface area (TPSA) is 156 Å². The van der Waals surface area contributed by atoms with Crippen molar-refractivity contribution in [3.05, 3.63) is 128 Å². The van der Waals surface area contributed by atoms with Crippen molar-refractivity contribution in [2.24, 2.45) is 0 Å². The van der Waals surface area contributed by atoms with Crippen molar-refractivity contribution in [1.82, 2.24) is 0 Å². The molecule has 0 aliphatic heterocycles. The maximum Gasteiger partial charge on any atom is 0.0614 e. The van der Waals surface area contributed by atoms with Crippen LogP contribution in [0.4, 0.5) is 34.1 Å². The molecule has 6 nitrogen and oxygen atoms in total. The highest BCUT2D eigenvalue weighted by molar-refractivity contribution is 7.99. The summed E-state index contributed by atoms with van der Waals surface area (Å²) < 4.78 is 0. The van der Waals surface area contributed by atoms with Gasteiger partial charge in [0.1, 0.15) is 0 Å². The monoisotopic (exact) mass is 718 g/mol. The molecule has 268 valence electrons. The predicted molar refractivity (Wildman–Crippen MR) is 226 cm³/mol. The van der Waals surface area contributed by atoms with Gasteiger partial charge >= 0.3 is 0 Å². The Hall–Kier alpha value is -4.40. The van der Waals surface area contributed by atoms with Crippen molar-refractivity contribution in [3.8, 4) is 0 Å². The minimum atomic E-state index is -0.186. The molecule has 5 aromatic carbocycles. The Labute approximate surface area is 313 Å². The van der Waals surface area contributed by atoms with E-state index in [2.05, 4.69) is 82.5 Å². The van der Waals surface area contributed by atoms with Crippen molar-refractivity contribution < 1.29 is 0 Å². The van der Waals surface area contributed by atoms with Gasteiger partial charge in [0, 0.05) is 39.5 Å². The number of anilines is 6. The summed E-state index contributed by atoms with van der Waals surface area (Å²) in [6.07, 6.45) is 8.12. The van der Waals surface area contributed by atoms with Crippen molar-refractivity contribution in [2.45, 2.75) is 81.4 Å². The van der Waals surface area contributed by atoms with Crippen LogP contribution in [0.3, 0.4) is 0 Å². The zero-order chi connectivity index (χ0) is 37.0. The van der Waals surface area contributed by atoms with E-state index in [1.807, 2.05) is 30.5 Å². The van der Waals surface area contributed by atoms with Gasteiger partial charge in [0.15, 0.2) is 0 Å². The molecule has 0 aliphatic rings. The van der Waals surface area contributed by atoms with Crippen LogP contribution in [0.5, 0.6) is 0 Å². The maximum absolute atomic E-state index is 7.35. The normalized spacial score (nSPS) is 11.5. The smallest absolute Gasteiger partial charge is 0.0614 e. The summed E-state index contributed by atoms with van der Waals surface area (Å²) in [6, 6.07) is 25.5. The molecule has 5 aromatic rings. The molecule has 0 bridgehead atoms. The van der Waals surface area contributed by atoms with Crippen LogP contribution < -0.4 is 34.4 Å². The largest absolute Gasteiger partial charge is 0.399 e. The van der Waals surface area contributed by atoms with Gasteiger partial charge in [-0.25, -0.2) is 0 Å². The Morgan fingerprint density at radius 1 is 0.471 bits per heavy atom. The third kappa shape index (κ3) is 7.49. The van der Waals surface area contributed by atoms with Crippen molar-refractivity contribution in [3.63, 3.8) is 0 Å². The highest BCUT2D eigenvalue weighted by Gasteiger charge is 2.32. The number of aryl methyl sites for hydroxylation is 4. The average molecular weight is 719 g/mol. The van der Waals surface area contributed by atoms with Crippen LogP contribution in [0.25, 0.3) is 0 Å². The van der Waals surface area contributed by atoms with E-state index in [9.17, 15) is 0 Å². The number of hydrogen-bond acceptors (Lipinski definition) is 8. The maximum atomic E-state index is 7.35. The Morgan fingerprint density at radius 2 is 0.843 bits per heavy atom. The van der Waals surface area contributed by atoms with Gasteiger partial charge in [0.25, 0.3) is 0 Å². The fourth-order valence-corrected chi connectivity index (χ4v) is 9.02. The van der Waals surface area contributed by atoms with Crippen LogP contribution >= 0.6 is 23.5 Å². The van der Waals surface area contributed by atoms with E-state index in [1.165, 1.54) is 11.1 Å². The van der Waals surface area contributed by atoms with E-state index in [4.69, 9.17) is 34.4 Å². The van der Waals surface area contributed by atoms with Crippen LogP contribution in [0.2, 0.25) is 0 Å². The molecule has 0 aliphatic carbocycles. The number of nitrogens with two attached hydrogens (primary N) is 6. The second kappa shape index (κ2) is 16.3. The molecule has 51 heavy (non-hydrogen) atoms. The van der Waals surface area contributed by atoms with E-state index in [1.54, 1.807) is 23.5 Å². The Balaban J connectivity index is 1.93. The minimum Gasteiger partial charge on any atom is -0.399 e. The van der Waals surface area contributed by atoms with E-state index < -0.39 is 0 Å². The van der Waals surface area contributed by atoms with Crippen LogP contribution in [-0.2, 0) is 32.1 Å². The van der Waals surface area contributed by atoms with E-state index in [0.29, 0.717) is 6.42 Å². The number of thioether (sulfide) groups is 2. The van der Waals surface area contributed by atoms with Gasteiger partial charge in [0.05, 0.1) is 16.3 Å². The Kier molecular flexibility index (Phi) is 12.1. The summed E-state index contributed by atoms with van der Waals surface area (Å²) in [5.41, 5.74) is 56.5. The zero-order valence-corrected chi connectivity index (χ0v) is 32.5. The summed E-state index contributed by atoms with van der Waals surface area (Å²) in [6.45, 7) is 8.68. The average Bonchev–Trinajstić information content (AvgIpc) is 3.13. The van der Waals surface area contributed by atoms with Crippen LogP contribution in [0.15, 0.2) is 82.6 Å². The van der Waals surface area contributed by atoms with Gasteiger partial charge in [-0.05, 0) is 125 Å². The molecule has 8 heteroatoms. The number of nitrogen functional groups attached to an aromatic ring is 6. The summed E-state index contributed by atoms with van der Waals surface area (Å²) in [7, 11) is 0. The lowest BCUT2D eigenvalue weighted by molar-refractivity contribution is 0.780. The number of rotatable bonds is 13. The molecule has 0 aromatic heterocycles. The predicted octanol–water partition coefficient (Wildman–Crippen LogP) is 9.43. The lowest BCUT2D eigenvalue weighted by atomic mass is 9.76. The van der Waals surface area contributed by atoms with Gasteiger partial charge in [-0.15, -0.1) is 23.5 Å². The second-order valence-electron chi connectivity index (χ2n) is 13.2. The summed E-state index contributed by atoms with van der Waals surface area (Å²) in [5.74, 6) is -0.220. The molecule has 0 atom stereocenters. The fraction of sp³-hybridized carbons (Fsp3) is 0.302. The zero-order valence-electron chi connectivity index (χ0n) is 30.9. The molecule has 0 amide bonds. The van der Waals surface area contributed by atoms with Gasteiger partial charge < -0.3 is 34.4 Å². The van der Waals surface area contributed by atoms with Gasteiger partial charge in [-0.2, -0.15) is 0 Å². The van der Waals surface area contributed by atoms with Crippen molar-refractivity contribution in [2.75, 3.05) is 46.9 Å². The fourth-order valence-electron chi connectivity index (χ4n) is 7.51. The molecule has 0 heterocycles. The molecule has 0 radical (unpaired) electrons. The minimum absolute atomic E-state index is 0.0337. The Bertz CT molecular complexity index is 1850. The first-order valence-electron chi connectivity index (χ1n) is 17.9. The van der Waals surface area contributed by atoms with E-state index in [-0.39, 0.29) is 11.8 Å². The third-order valence-corrected chi connectivity index (χ3v) is 12.0. The van der Waals surface area contributed by atoms with E-state index >= 15 is 0 Å². The summed E-state index contributed by atoms with van der Waals surface area (Å²) in [4.78, 5) is 1.95. The molecule has 0 saturated carbocycles. The number of benzene rings is 5. The molecule has 0 fully saturated rings. The lowest BCUT2D eigenvalue weighted by Crippen LogP contribution is -2.18. The van der Waals surface area contributed by atoms with Crippen LogP contribution in [0, 0.1) is 0 Å². The molecule has 0 saturated heterocycles. The van der Waals surface area contributed by atoms with Crippen molar-refractivity contribution >= 4 is 57.6 Å². The standard InChI is InChI=1S/C43H54N6S2/c1-7-24-19-30(20-25(8-2)38(24)46)36(31-21-26(9-3)39(47)27(10-4)22-31)37-35(40(48)43(51-6)41(49)42(37)50-5)23-34(28-11-15-32(44)16-12-28)29-13-17-33(45)18-14-29/h11-22,34,36H,7-10,23,44-49H2,1-6H3. The number of hydrogen-bond donors (Lipinski definition) is 6.